The quantitative estimate of drug-likeness (QED) is 0.755. The standard InChI is InChI=1S/C23H29N3O3S/c1-17-6-8-21(14-18(17)2)24-23(27)16-25-10-12-26(13-11-25)30(28,29)22-9-7-19-4-3-5-20(19)15-22/h6-9,14-15H,3-5,10-13,16H2,1-2H3,(H,24,27)/p+1. The van der Waals surface area contributed by atoms with Crippen molar-refractivity contribution in [3.05, 3.63) is 58.7 Å². The Bertz CT molecular complexity index is 1060. The van der Waals surface area contributed by atoms with E-state index in [1.54, 1.807) is 10.4 Å². The molecule has 2 aromatic carbocycles. The third-order valence-electron chi connectivity index (χ3n) is 6.34. The first-order chi connectivity index (χ1) is 14.3. The Balaban J connectivity index is 1.33. The molecule has 0 radical (unpaired) electrons. The van der Waals surface area contributed by atoms with Crippen molar-refractivity contribution in [1.29, 1.82) is 0 Å². The van der Waals surface area contributed by atoms with Gasteiger partial charge in [-0.25, -0.2) is 8.42 Å². The molecule has 1 amide bonds. The van der Waals surface area contributed by atoms with Gasteiger partial charge in [-0.1, -0.05) is 12.1 Å². The lowest BCUT2D eigenvalue weighted by molar-refractivity contribution is -0.895. The highest BCUT2D eigenvalue weighted by molar-refractivity contribution is 7.89. The van der Waals surface area contributed by atoms with Crippen LogP contribution in [0.3, 0.4) is 0 Å². The number of sulfonamides is 1. The van der Waals surface area contributed by atoms with E-state index in [0.717, 1.165) is 35.4 Å². The van der Waals surface area contributed by atoms with Gasteiger partial charge in [0.2, 0.25) is 10.0 Å². The van der Waals surface area contributed by atoms with Crippen LogP contribution in [0.5, 0.6) is 0 Å². The van der Waals surface area contributed by atoms with Crippen LogP contribution in [-0.2, 0) is 27.7 Å². The van der Waals surface area contributed by atoms with E-state index >= 15 is 0 Å². The first-order valence-corrected chi connectivity index (χ1v) is 12.1. The molecule has 2 aromatic rings. The second-order valence-electron chi connectivity index (χ2n) is 8.46. The third-order valence-corrected chi connectivity index (χ3v) is 8.23. The van der Waals surface area contributed by atoms with Crippen LogP contribution in [0.1, 0.15) is 28.7 Å². The van der Waals surface area contributed by atoms with Crippen molar-refractivity contribution in [2.45, 2.75) is 38.0 Å². The highest BCUT2D eigenvalue weighted by atomic mass is 32.2. The maximum absolute atomic E-state index is 13.1. The second kappa shape index (κ2) is 8.49. The van der Waals surface area contributed by atoms with E-state index in [1.165, 1.54) is 16.7 Å². The molecule has 0 unspecified atom stereocenters. The first-order valence-electron chi connectivity index (χ1n) is 10.7. The summed E-state index contributed by atoms with van der Waals surface area (Å²) in [4.78, 5) is 13.9. The van der Waals surface area contributed by atoms with E-state index in [2.05, 4.69) is 5.32 Å². The van der Waals surface area contributed by atoms with Crippen molar-refractivity contribution in [2.24, 2.45) is 0 Å². The minimum Gasteiger partial charge on any atom is -0.325 e. The molecule has 30 heavy (non-hydrogen) atoms. The Labute approximate surface area is 178 Å². The molecule has 4 rings (SSSR count). The maximum atomic E-state index is 13.1. The zero-order valence-electron chi connectivity index (χ0n) is 17.7. The van der Waals surface area contributed by atoms with Crippen molar-refractivity contribution in [3.8, 4) is 0 Å². The Kier molecular flexibility index (Phi) is 5.95. The second-order valence-corrected chi connectivity index (χ2v) is 10.4. The van der Waals surface area contributed by atoms with Gasteiger partial charge in [-0.15, -0.1) is 0 Å². The Morgan fingerprint density at radius 1 is 1.00 bits per heavy atom. The number of fused-ring (bicyclic) bond motifs is 1. The number of aryl methyl sites for hydroxylation is 4. The van der Waals surface area contributed by atoms with Crippen LogP contribution in [-0.4, -0.2) is 51.4 Å². The lowest BCUT2D eigenvalue weighted by Gasteiger charge is -2.31. The minimum absolute atomic E-state index is 0.0387. The van der Waals surface area contributed by atoms with Crippen LogP contribution in [0.25, 0.3) is 0 Å². The summed E-state index contributed by atoms with van der Waals surface area (Å²) in [5.74, 6) is -0.0387. The molecule has 0 spiro atoms. The predicted octanol–water partition coefficient (Wildman–Crippen LogP) is 1.32. The molecule has 0 saturated carbocycles. The summed E-state index contributed by atoms with van der Waals surface area (Å²) < 4.78 is 27.7. The van der Waals surface area contributed by atoms with Crippen LogP contribution in [0, 0.1) is 13.8 Å². The number of rotatable bonds is 5. The van der Waals surface area contributed by atoms with Gasteiger partial charge in [0, 0.05) is 5.69 Å². The van der Waals surface area contributed by atoms with E-state index in [9.17, 15) is 13.2 Å². The summed E-state index contributed by atoms with van der Waals surface area (Å²) in [5, 5.41) is 2.96. The molecule has 160 valence electrons. The Morgan fingerprint density at radius 3 is 2.47 bits per heavy atom. The monoisotopic (exact) mass is 428 g/mol. The number of amides is 1. The molecule has 1 saturated heterocycles. The summed E-state index contributed by atoms with van der Waals surface area (Å²) in [7, 11) is -3.47. The maximum Gasteiger partial charge on any atom is 0.279 e. The van der Waals surface area contributed by atoms with Crippen LogP contribution < -0.4 is 10.2 Å². The fourth-order valence-electron chi connectivity index (χ4n) is 4.33. The number of hydrogen-bond acceptors (Lipinski definition) is 3. The summed E-state index contributed by atoms with van der Waals surface area (Å²) in [5.41, 5.74) is 5.59. The van der Waals surface area contributed by atoms with Crippen molar-refractivity contribution < 1.29 is 18.1 Å². The summed E-state index contributed by atoms with van der Waals surface area (Å²) in [6.07, 6.45) is 3.11. The van der Waals surface area contributed by atoms with E-state index < -0.39 is 10.0 Å². The van der Waals surface area contributed by atoms with Gasteiger partial charge in [0.25, 0.3) is 5.91 Å². The van der Waals surface area contributed by atoms with Gasteiger partial charge in [0.15, 0.2) is 6.54 Å². The highest BCUT2D eigenvalue weighted by Crippen LogP contribution is 2.26. The molecule has 1 aliphatic carbocycles. The number of nitrogens with zero attached hydrogens (tertiary/aromatic N) is 1. The number of carbonyl (C=O) groups excluding carboxylic acids is 1. The molecule has 2 N–H and O–H groups in total. The molecule has 6 nitrogen and oxygen atoms in total. The van der Waals surface area contributed by atoms with E-state index in [0.29, 0.717) is 37.6 Å². The normalized spacial score (nSPS) is 17.7. The van der Waals surface area contributed by atoms with Crippen LogP contribution in [0.15, 0.2) is 41.3 Å². The van der Waals surface area contributed by atoms with Gasteiger partial charge in [-0.2, -0.15) is 4.31 Å². The molecule has 1 aliphatic heterocycles. The molecule has 1 fully saturated rings. The SMILES string of the molecule is Cc1ccc(NC(=O)C[NH+]2CCN(S(=O)(=O)c3ccc4c(c3)CCC4)CC2)cc1C. The number of quaternary nitrogens is 1. The number of piperazine rings is 1. The molecule has 1 heterocycles. The number of anilines is 1. The molecule has 0 bridgehead atoms. The summed E-state index contributed by atoms with van der Waals surface area (Å²) in [6, 6.07) is 11.5. The van der Waals surface area contributed by atoms with E-state index in [-0.39, 0.29) is 5.91 Å². The molecular weight excluding hydrogens is 398 g/mol. The van der Waals surface area contributed by atoms with Crippen molar-refractivity contribution in [3.63, 3.8) is 0 Å². The minimum atomic E-state index is -3.47. The van der Waals surface area contributed by atoms with Gasteiger partial charge in [0.05, 0.1) is 31.1 Å². The zero-order chi connectivity index (χ0) is 21.3. The lowest BCUT2D eigenvalue weighted by Crippen LogP contribution is -3.15. The van der Waals surface area contributed by atoms with E-state index in [1.807, 2.05) is 44.2 Å². The Hall–Kier alpha value is -2.22. The number of hydrogen-bond donors (Lipinski definition) is 2. The van der Waals surface area contributed by atoms with E-state index in [4.69, 9.17) is 0 Å². The number of benzene rings is 2. The molecule has 0 aromatic heterocycles. The van der Waals surface area contributed by atoms with Crippen molar-refractivity contribution in [1.82, 2.24) is 4.31 Å². The van der Waals surface area contributed by atoms with Gasteiger partial charge in [-0.3, -0.25) is 4.79 Å². The predicted molar refractivity (Wildman–Crippen MR) is 117 cm³/mol. The summed E-state index contributed by atoms with van der Waals surface area (Å²) >= 11 is 0. The highest BCUT2D eigenvalue weighted by Gasteiger charge is 2.31. The zero-order valence-corrected chi connectivity index (χ0v) is 18.5. The Morgan fingerprint density at radius 2 is 1.73 bits per heavy atom. The lowest BCUT2D eigenvalue weighted by atomic mass is 10.1. The smallest absolute Gasteiger partial charge is 0.279 e. The number of carbonyl (C=O) groups is 1. The first kappa shape index (κ1) is 21.0. The summed E-state index contributed by atoms with van der Waals surface area (Å²) in [6.45, 7) is 6.55. The fourth-order valence-corrected chi connectivity index (χ4v) is 5.82. The van der Waals surface area contributed by atoms with Gasteiger partial charge in [-0.05, 0) is 79.6 Å². The van der Waals surface area contributed by atoms with Crippen LogP contribution >= 0.6 is 0 Å². The largest absolute Gasteiger partial charge is 0.325 e. The number of nitrogens with one attached hydrogen (secondary N) is 2. The van der Waals surface area contributed by atoms with Crippen molar-refractivity contribution in [2.75, 3.05) is 38.0 Å². The van der Waals surface area contributed by atoms with Crippen molar-refractivity contribution >= 4 is 21.6 Å². The topological polar surface area (TPSA) is 70.9 Å². The van der Waals surface area contributed by atoms with Gasteiger partial charge in [0.1, 0.15) is 0 Å². The molecule has 2 aliphatic rings. The van der Waals surface area contributed by atoms with Crippen LogP contribution in [0.2, 0.25) is 0 Å². The van der Waals surface area contributed by atoms with Crippen LogP contribution in [0.4, 0.5) is 5.69 Å². The average molecular weight is 429 g/mol. The average Bonchev–Trinajstić information content (AvgIpc) is 3.19. The fraction of sp³-hybridized carbons (Fsp3) is 0.435. The molecule has 7 heteroatoms. The van der Waals surface area contributed by atoms with Gasteiger partial charge < -0.3 is 10.2 Å². The third kappa shape index (κ3) is 4.43. The molecule has 0 atom stereocenters. The van der Waals surface area contributed by atoms with Gasteiger partial charge >= 0.3 is 0 Å². The molecular formula is C23H30N3O3S+.